The monoisotopic (exact) mass is 232 g/mol. The van der Waals surface area contributed by atoms with Crippen molar-refractivity contribution in [3.63, 3.8) is 0 Å². The lowest BCUT2D eigenvalue weighted by Crippen LogP contribution is -2.40. The first-order valence-electron chi connectivity index (χ1n) is 6.71. The molecule has 0 aromatic heterocycles. The molecule has 1 saturated heterocycles. The van der Waals surface area contributed by atoms with Crippen LogP contribution in [0.25, 0.3) is 0 Å². The zero-order valence-electron chi connectivity index (χ0n) is 11.0. The van der Waals surface area contributed by atoms with Gasteiger partial charge in [-0.3, -0.25) is 4.90 Å². The molecule has 94 valence electrons. The molecule has 1 aliphatic heterocycles. The first-order valence-corrected chi connectivity index (χ1v) is 6.71. The van der Waals surface area contributed by atoms with Crippen LogP contribution in [-0.2, 0) is 0 Å². The molecule has 1 aromatic carbocycles. The van der Waals surface area contributed by atoms with Crippen molar-refractivity contribution in [1.82, 2.24) is 4.90 Å². The van der Waals surface area contributed by atoms with E-state index in [0.29, 0.717) is 6.04 Å². The van der Waals surface area contributed by atoms with Crippen molar-refractivity contribution in [3.8, 4) is 0 Å². The molecule has 0 radical (unpaired) electrons. The Kier molecular flexibility index (Phi) is 4.19. The average Bonchev–Trinajstić information content (AvgIpc) is 2.33. The quantitative estimate of drug-likeness (QED) is 0.868. The summed E-state index contributed by atoms with van der Waals surface area (Å²) < 4.78 is 0. The zero-order chi connectivity index (χ0) is 12.3. The Balaban J connectivity index is 2.12. The Bertz CT molecular complexity index is 344. The highest BCUT2D eigenvalue weighted by molar-refractivity contribution is 5.24. The van der Waals surface area contributed by atoms with E-state index in [9.17, 15) is 0 Å². The molecule has 0 spiro atoms. The number of nitrogens with zero attached hydrogens (tertiary/aromatic N) is 1. The van der Waals surface area contributed by atoms with Crippen LogP contribution in [0.1, 0.15) is 36.9 Å². The highest BCUT2D eigenvalue weighted by atomic mass is 15.2. The molecule has 0 aliphatic carbocycles. The minimum Gasteiger partial charge on any atom is -0.329 e. The van der Waals surface area contributed by atoms with Crippen LogP contribution in [0.4, 0.5) is 0 Å². The third-order valence-corrected chi connectivity index (χ3v) is 3.81. The smallest absolute Gasteiger partial charge is 0.0470 e. The van der Waals surface area contributed by atoms with Crippen molar-refractivity contribution in [2.45, 2.75) is 32.7 Å². The first-order chi connectivity index (χ1) is 8.20. The van der Waals surface area contributed by atoms with E-state index in [2.05, 4.69) is 43.0 Å². The Morgan fingerprint density at radius 1 is 1.35 bits per heavy atom. The predicted molar refractivity (Wildman–Crippen MR) is 72.9 cm³/mol. The minimum absolute atomic E-state index is 0.401. The third-order valence-electron chi connectivity index (χ3n) is 3.81. The van der Waals surface area contributed by atoms with Crippen LogP contribution in [0, 0.1) is 12.8 Å². The molecule has 2 atom stereocenters. The van der Waals surface area contributed by atoms with Gasteiger partial charge in [-0.05, 0) is 37.8 Å². The molecular weight excluding hydrogens is 208 g/mol. The predicted octanol–water partition coefficient (Wildman–Crippen LogP) is 2.73. The number of nitrogens with two attached hydrogens (primary N) is 1. The Morgan fingerprint density at radius 2 is 2.06 bits per heavy atom. The fourth-order valence-electron chi connectivity index (χ4n) is 2.79. The molecule has 2 N–H and O–H groups in total. The SMILES string of the molecule is Cc1ccc([C@H](CN)N2CCC[C@H](C)C2)cc1. The van der Waals surface area contributed by atoms with Gasteiger partial charge in [0, 0.05) is 19.1 Å². The standard InChI is InChI=1S/C15H24N2/c1-12-5-7-14(8-6-12)15(10-16)17-9-3-4-13(2)11-17/h5-8,13,15H,3-4,9-11,16H2,1-2H3/t13-,15-/m0/s1. The molecule has 0 unspecified atom stereocenters. The van der Waals surface area contributed by atoms with Crippen molar-refractivity contribution in [2.24, 2.45) is 11.7 Å². The Hall–Kier alpha value is -0.860. The van der Waals surface area contributed by atoms with Gasteiger partial charge in [0.2, 0.25) is 0 Å². The fraction of sp³-hybridized carbons (Fsp3) is 0.600. The van der Waals surface area contributed by atoms with Crippen molar-refractivity contribution in [3.05, 3.63) is 35.4 Å². The summed E-state index contributed by atoms with van der Waals surface area (Å²) in [7, 11) is 0. The highest BCUT2D eigenvalue weighted by Gasteiger charge is 2.23. The highest BCUT2D eigenvalue weighted by Crippen LogP contribution is 2.26. The molecule has 2 rings (SSSR count). The number of rotatable bonds is 3. The van der Waals surface area contributed by atoms with Gasteiger partial charge in [0.15, 0.2) is 0 Å². The summed E-state index contributed by atoms with van der Waals surface area (Å²) >= 11 is 0. The normalized spacial score (nSPS) is 23.6. The second-order valence-electron chi connectivity index (χ2n) is 5.40. The molecule has 1 aliphatic rings. The summed E-state index contributed by atoms with van der Waals surface area (Å²) in [6.45, 7) is 7.57. The lowest BCUT2D eigenvalue weighted by molar-refractivity contribution is 0.133. The molecule has 2 heteroatoms. The van der Waals surface area contributed by atoms with Gasteiger partial charge in [0.1, 0.15) is 0 Å². The van der Waals surface area contributed by atoms with Crippen molar-refractivity contribution in [2.75, 3.05) is 19.6 Å². The fourth-order valence-corrected chi connectivity index (χ4v) is 2.79. The third kappa shape index (κ3) is 3.08. The van der Waals surface area contributed by atoms with Gasteiger partial charge in [-0.2, -0.15) is 0 Å². The van der Waals surface area contributed by atoms with E-state index >= 15 is 0 Å². The van der Waals surface area contributed by atoms with Gasteiger partial charge in [-0.25, -0.2) is 0 Å². The van der Waals surface area contributed by atoms with Crippen LogP contribution in [0.2, 0.25) is 0 Å². The Labute approximate surface area is 105 Å². The van der Waals surface area contributed by atoms with Crippen molar-refractivity contribution >= 4 is 0 Å². The summed E-state index contributed by atoms with van der Waals surface area (Å²) in [5.74, 6) is 0.809. The van der Waals surface area contributed by atoms with Gasteiger partial charge < -0.3 is 5.73 Å². The topological polar surface area (TPSA) is 29.3 Å². The molecule has 0 amide bonds. The van der Waals surface area contributed by atoms with Crippen LogP contribution in [-0.4, -0.2) is 24.5 Å². The number of likely N-dealkylation sites (tertiary alicyclic amines) is 1. The van der Waals surface area contributed by atoms with E-state index < -0.39 is 0 Å². The van der Waals surface area contributed by atoms with Crippen LogP contribution in [0.15, 0.2) is 24.3 Å². The first kappa shape index (κ1) is 12.6. The van der Waals surface area contributed by atoms with Crippen LogP contribution >= 0.6 is 0 Å². The molecule has 1 heterocycles. The Morgan fingerprint density at radius 3 is 2.65 bits per heavy atom. The molecule has 0 bridgehead atoms. The van der Waals surface area contributed by atoms with Crippen LogP contribution in [0.5, 0.6) is 0 Å². The van der Waals surface area contributed by atoms with Gasteiger partial charge in [-0.1, -0.05) is 36.8 Å². The number of benzene rings is 1. The molecule has 17 heavy (non-hydrogen) atoms. The number of hydrogen-bond donors (Lipinski definition) is 1. The van der Waals surface area contributed by atoms with Gasteiger partial charge >= 0.3 is 0 Å². The van der Waals surface area contributed by atoms with E-state index in [0.717, 1.165) is 12.5 Å². The lowest BCUT2D eigenvalue weighted by Gasteiger charge is -2.37. The van der Waals surface area contributed by atoms with E-state index in [1.807, 2.05) is 0 Å². The number of hydrogen-bond acceptors (Lipinski definition) is 2. The summed E-state index contributed by atoms with van der Waals surface area (Å²) in [5.41, 5.74) is 8.66. The average molecular weight is 232 g/mol. The van der Waals surface area contributed by atoms with Gasteiger partial charge in [0.25, 0.3) is 0 Å². The molecule has 1 aromatic rings. The van der Waals surface area contributed by atoms with E-state index in [1.165, 1.54) is 37.1 Å². The number of aryl methyl sites for hydroxylation is 1. The largest absolute Gasteiger partial charge is 0.329 e. The number of piperidine rings is 1. The van der Waals surface area contributed by atoms with Crippen molar-refractivity contribution < 1.29 is 0 Å². The summed E-state index contributed by atoms with van der Waals surface area (Å²) in [6.07, 6.45) is 2.67. The van der Waals surface area contributed by atoms with E-state index in [1.54, 1.807) is 0 Å². The van der Waals surface area contributed by atoms with Crippen LogP contribution < -0.4 is 5.73 Å². The lowest BCUT2D eigenvalue weighted by atomic mass is 9.96. The summed E-state index contributed by atoms with van der Waals surface area (Å²) in [4.78, 5) is 2.55. The van der Waals surface area contributed by atoms with E-state index in [4.69, 9.17) is 5.73 Å². The maximum Gasteiger partial charge on any atom is 0.0470 e. The maximum atomic E-state index is 5.98. The van der Waals surface area contributed by atoms with Crippen molar-refractivity contribution in [1.29, 1.82) is 0 Å². The summed E-state index contributed by atoms with van der Waals surface area (Å²) in [6, 6.07) is 9.23. The van der Waals surface area contributed by atoms with Gasteiger partial charge in [-0.15, -0.1) is 0 Å². The van der Waals surface area contributed by atoms with Gasteiger partial charge in [0.05, 0.1) is 0 Å². The van der Waals surface area contributed by atoms with Crippen LogP contribution in [0.3, 0.4) is 0 Å². The second-order valence-corrected chi connectivity index (χ2v) is 5.40. The maximum absolute atomic E-state index is 5.98. The molecule has 0 saturated carbocycles. The summed E-state index contributed by atoms with van der Waals surface area (Å²) in [5, 5.41) is 0. The molecular formula is C15H24N2. The zero-order valence-corrected chi connectivity index (χ0v) is 11.0. The van der Waals surface area contributed by atoms with E-state index in [-0.39, 0.29) is 0 Å². The second kappa shape index (κ2) is 5.65. The molecule has 2 nitrogen and oxygen atoms in total. The minimum atomic E-state index is 0.401. The molecule has 1 fully saturated rings.